The van der Waals surface area contributed by atoms with Crippen molar-refractivity contribution < 1.29 is 20.0 Å². The number of fused-ring (bicyclic) bond motifs is 3. The van der Waals surface area contributed by atoms with Crippen molar-refractivity contribution in [2.24, 2.45) is 10.3 Å². The van der Waals surface area contributed by atoms with E-state index in [1.165, 1.54) is 19.9 Å². The molecule has 0 amide bonds. The van der Waals surface area contributed by atoms with Crippen LogP contribution in [0.1, 0.15) is 77.9 Å². The molecule has 7 heteroatoms. The Morgan fingerprint density at radius 2 is 1.48 bits per heavy atom. The van der Waals surface area contributed by atoms with Crippen LogP contribution in [0.5, 0.6) is 0 Å². The predicted octanol–water partition coefficient (Wildman–Crippen LogP) is 4.71. The molecule has 3 rings (SSSR count). The van der Waals surface area contributed by atoms with Crippen LogP contribution >= 0.6 is 0 Å². The van der Waals surface area contributed by atoms with Crippen LogP contribution in [0.4, 0.5) is 0 Å². The van der Waals surface area contributed by atoms with Crippen molar-refractivity contribution in [3.05, 3.63) is 58.1 Å². The zero-order chi connectivity index (χ0) is 22.9. The lowest BCUT2D eigenvalue weighted by Gasteiger charge is -2.30. The van der Waals surface area contributed by atoms with E-state index in [1.807, 2.05) is 19.9 Å². The van der Waals surface area contributed by atoms with Gasteiger partial charge in [-0.15, -0.1) is 0 Å². The van der Waals surface area contributed by atoms with Gasteiger partial charge < -0.3 is 10.4 Å². The Morgan fingerprint density at radius 1 is 0.935 bits per heavy atom. The Balaban J connectivity index is 2.34. The van der Waals surface area contributed by atoms with Crippen LogP contribution in [-0.4, -0.2) is 33.4 Å². The zero-order valence-electron chi connectivity index (χ0n) is 17.9. The minimum Gasteiger partial charge on any atom is -0.411 e. The van der Waals surface area contributed by atoms with Crippen molar-refractivity contribution in [2.45, 2.75) is 46.0 Å². The van der Waals surface area contributed by atoms with Crippen molar-refractivity contribution in [1.82, 2.24) is 0 Å². The second kappa shape index (κ2) is 8.15. The summed E-state index contributed by atoms with van der Waals surface area (Å²) < 4.78 is 0. The van der Waals surface area contributed by atoms with Crippen molar-refractivity contribution in [3.63, 3.8) is 0 Å². The number of Topliss-reactive ketones (excluding diaryl/α,β-unsaturated/α-hetero) is 2. The molecule has 31 heavy (non-hydrogen) atoms. The lowest BCUT2D eigenvalue weighted by atomic mass is 9.73. The summed E-state index contributed by atoms with van der Waals surface area (Å²) in [4.78, 5) is 25.3. The van der Waals surface area contributed by atoms with Gasteiger partial charge in [-0.3, -0.25) is 9.59 Å². The number of benzene rings is 2. The van der Waals surface area contributed by atoms with E-state index in [0.717, 1.165) is 22.3 Å². The number of hydrogen-bond donors (Lipinski definition) is 2. The van der Waals surface area contributed by atoms with E-state index in [2.05, 4.69) is 16.4 Å². The van der Waals surface area contributed by atoms with Crippen molar-refractivity contribution in [2.75, 3.05) is 0 Å². The number of hydrogen-bond acceptors (Lipinski definition) is 7. The third-order valence-electron chi connectivity index (χ3n) is 6.27. The first-order valence-electron chi connectivity index (χ1n) is 9.99. The molecule has 0 saturated carbocycles. The molecule has 0 aliphatic heterocycles. The summed E-state index contributed by atoms with van der Waals surface area (Å²) >= 11 is 0. The number of rotatable bonds is 6. The summed E-state index contributed by atoms with van der Waals surface area (Å²) in [7, 11) is 0. The largest absolute Gasteiger partial charge is 0.411 e. The SMILES string of the molecule is CCC1(CC)c2cc(C(=O)/C(C)=N/O)ccc2-c2c(C#N)cc(C(=O)/C(C)=N/O)cc21. The van der Waals surface area contributed by atoms with E-state index in [4.69, 9.17) is 10.4 Å². The Morgan fingerprint density at radius 3 is 2.00 bits per heavy atom. The molecule has 1 aliphatic carbocycles. The first-order valence-corrected chi connectivity index (χ1v) is 9.99. The van der Waals surface area contributed by atoms with Crippen LogP contribution in [0.25, 0.3) is 11.1 Å². The maximum atomic E-state index is 12.7. The van der Waals surface area contributed by atoms with Crippen LogP contribution in [0.15, 0.2) is 40.6 Å². The van der Waals surface area contributed by atoms with E-state index in [9.17, 15) is 14.9 Å². The quantitative estimate of drug-likeness (QED) is 0.305. The lowest BCUT2D eigenvalue weighted by molar-refractivity contribution is 0.105. The number of nitriles is 1. The normalized spacial score (nSPS) is 14.5. The number of oxime groups is 2. The number of carbonyl (C=O) groups excluding carboxylic acids is 2. The Kier molecular flexibility index (Phi) is 5.76. The minimum atomic E-state index is -0.503. The zero-order valence-corrected chi connectivity index (χ0v) is 17.9. The molecule has 2 N–H and O–H groups in total. The first kappa shape index (κ1) is 21.9. The Bertz CT molecular complexity index is 1200. The van der Waals surface area contributed by atoms with Gasteiger partial charge >= 0.3 is 0 Å². The Hall–Kier alpha value is -3.79. The average Bonchev–Trinajstić information content (AvgIpc) is 3.10. The summed E-state index contributed by atoms with van der Waals surface area (Å²) in [5.41, 5.74) is 3.79. The van der Waals surface area contributed by atoms with Crippen molar-refractivity contribution in [1.29, 1.82) is 5.26 Å². The minimum absolute atomic E-state index is 0.0154. The van der Waals surface area contributed by atoms with Crippen LogP contribution in [0, 0.1) is 11.3 Å². The second-order valence-electron chi connectivity index (χ2n) is 7.64. The standard InChI is InChI=1S/C24H23N3O4/c1-5-24(6-2)19-10-15(22(28)13(3)26-30)7-8-18(19)21-17(12-25)9-16(11-20(21)24)23(29)14(4)27-31/h7-11,30-31H,5-6H2,1-4H3/b26-13+,27-14+. The van der Waals surface area contributed by atoms with E-state index >= 15 is 0 Å². The summed E-state index contributed by atoms with van der Waals surface area (Å²) in [6, 6.07) is 10.7. The molecule has 0 radical (unpaired) electrons. The number of ketones is 2. The summed E-state index contributed by atoms with van der Waals surface area (Å²) in [6.45, 7) is 6.90. The highest BCUT2D eigenvalue weighted by Gasteiger charge is 2.42. The van der Waals surface area contributed by atoms with Crippen LogP contribution in [0.2, 0.25) is 0 Å². The second-order valence-corrected chi connectivity index (χ2v) is 7.64. The van der Waals surface area contributed by atoms with Crippen LogP contribution < -0.4 is 0 Å². The highest BCUT2D eigenvalue weighted by Crippen LogP contribution is 2.54. The van der Waals surface area contributed by atoms with E-state index < -0.39 is 11.2 Å². The van der Waals surface area contributed by atoms with Crippen molar-refractivity contribution >= 4 is 23.0 Å². The number of carbonyl (C=O) groups is 2. The smallest absolute Gasteiger partial charge is 0.210 e. The van der Waals surface area contributed by atoms with Crippen LogP contribution in [-0.2, 0) is 5.41 Å². The topological polar surface area (TPSA) is 123 Å². The van der Waals surface area contributed by atoms with Gasteiger partial charge in [-0.25, -0.2) is 0 Å². The monoisotopic (exact) mass is 417 g/mol. The van der Waals surface area contributed by atoms with E-state index in [0.29, 0.717) is 24.0 Å². The van der Waals surface area contributed by atoms with Gasteiger partial charge in [0.05, 0.1) is 11.6 Å². The molecule has 7 nitrogen and oxygen atoms in total. The lowest BCUT2D eigenvalue weighted by Crippen LogP contribution is -2.24. The molecule has 158 valence electrons. The maximum absolute atomic E-state index is 12.7. The molecule has 0 unspecified atom stereocenters. The average molecular weight is 417 g/mol. The molecule has 0 atom stereocenters. The highest BCUT2D eigenvalue weighted by molar-refractivity contribution is 6.45. The fourth-order valence-electron chi connectivity index (χ4n) is 4.49. The van der Waals surface area contributed by atoms with Gasteiger partial charge in [0.2, 0.25) is 11.6 Å². The predicted molar refractivity (Wildman–Crippen MR) is 116 cm³/mol. The van der Waals surface area contributed by atoms with Gasteiger partial charge in [0.25, 0.3) is 0 Å². The molecule has 2 aromatic rings. The highest BCUT2D eigenvalue weighted by atomic mass is 16.4. The van der Waals surface area contributed by atoms with Gasteiger partial charge in [0, 0.05) is 22.1 Å². The maximum Gasteiger partial charge on any atom is 0.210 e. The van der Waals surface area contributed by atoms with Crippen molar-refractivity contribution in [3.8, 4) is 17.2 Å². The molecule has 1 aliphatic rings. The molecule has 0 saturated heterocycles. The molecule has 0 fully saturated rings. The van der Waals surface area contributed by atoms with E-state index in [-0.39, 0.29) is 22.8 Å². The molecular formula is C24H23N3O4. The fraction of sp³-hybridized carbons (Fsp3) is 0.292. The van der Waals surface area contributed by atoms with Gasteiger partial charge in [-0.2, -0.15) is 5.26 Å². The summed E-state index contributed by atoms with van der Waals surface area (Å²) in [6.07, 6.45) is 1.37. The third-order valence-corrected chi connectivity index (χ3v) is 6.27. The van der Waals surface area contributed by atoms with E-state index in [1.54, 1.807) is 18.2 Å². The fourth-order valence-corrected chi connectivity index (χ4v) is 4.49. The first-order chi connectivity index (χ1) is 14.8. The van der Waals surface area contributed by atoms with Gasteiger partial charge in [0.1, 0.15) is 11.4 Å². The molecule has 0 bridgehead atoms. The molecule has 0 heterocycles. The molecular weight excluding hydrogens is 394 g/mol. The molecule has 2 aromatic carbocycles. The van der Waals surface area contributed by atoms with Gasteiger partial charge in [0.15, 0.2) is 0 Å². The van der Waals surface area contributed by atoms with Gasteiger partial charge in [-0.1, -0.05) is 36.3 Å². The Labute approximate surface area is 180 Å². The summed E-state index contributed by atoms with van der Waals surface area (Å²) in [5.74, 6) is -0.835. The number of nitrogens with zero attached hydrogens (tertiary/aromatic N) is 3. The molecule has 0 spiro atoms. The van der Waals surface area contributed by atoms with Gasteiger partial charge in [-0.05, 0) is 61.6 Å². The third kappa shape index (κ3) is 3.21. The molecule has 0 aromatic heterocycles. The van der Waals surface area contributed by atoms with Crippen LogP contribution in [0.3, 0.4) is 0 Å². The summed E-state index contributed by atoms with van der Waals surface area (Å²) in [5, 5.41) is 33.9.